The molecule has 0 bridgehead atoms. The minimum absolute atomic E-state index is 0.126. The first-order valence-electron chi connectivity index (χ1n) is 11.3. The number of fused-ring (bicyclic) bond motifs is 5. The van der Waals surface area contributed by atoms with Crippen molar-refractivity contribution in [2.75, 3.05) is 6.61 Å². The SMILES string of the molecule is CCC(=O)O[C@]1(C(=S)CO)CC[C@H]2[C@@H]3CCC4=CC(=O)CC[C@]4(C)[C@H]3CC[C@@]21C. The molecule has 0 aliphatic heterocycles. The van der Waals surface area contributed by atoms with Crippen molar-refractivity contribution in [1.29, 1.82) is 0 Å². The smallest absolute Gasteiger partial charge is 0.306 e. The lowest BCUT2D eigenvalue weighted by atomic mass is 9.46. The maximum absolute atomic E-state index is 12.4. The van der Waals surface area contributed by atoms with Crippen LogP contribution < -0.4 is 0 Å². The van der Waals surface area contributed by atoms with E-state index in [9.17, 15) is 14.7 Å². The zero-order valence-corrected chi connectivity index (χ0v) is 18.8. The molecule has 0 radical (unpaired) electrons. The van der Waals surface area contributed by atoms with E-state index in [-0.39, 0.29) is 29.2 Å². The molecule has 0 heterocycles. The maximum Gasteiger partial charge on any atom is 0.306 e. The van der Waals surface area contributed by atoms with E-state index in [2.05, 4.69) is 13.8 Å². The second-order valence-corrected chi connectivity index (χ2v) is 10.7. The fourth-order valence-corrected chi connectivity index (χ4v) is 8.01. The molecule has 0 spiro atoms. The van der Waals surface area contributed by atoms with Gasteiger partial charge in [0, 0.05) is 18.3 Å². The Balaban J connectivity index is 1.69. The van der Waals surface area contributed by atoms with Crippen molar-refractivity contribution in [3.05, 3.63) is 11.6 Å². The lowest BCUT2D eigenvalue weighted by Crippen LogP contribution is -2.59. The van der Waals surface area contributed by atoms with Crippen LogP contribution in [-0.4, -0.2) is 33.9 Å². The van der Waals surface area contributed by atoms with Crippen molar-refractivity contribution < 1.29 is 19.4 Å². The van der Waals surface area contributed by atoms with Gasteiger partial charge >= 0.3 is 5.97 Å². The predicted molar refractivity (Wildman–Crippen MR) is 116 cm³/mol. The number of rotatable bonds is 4. The highest BCUT2D eigenvalue weighted by Gasteiger charge is 2.67. The average Bonchev–Trinajstić information content (AvgIpc) is 3.01. The predicted octanol–water partition coefficient (Wildman–Crippen LogP) is 4.57. The Labute approximate surface area is 179 Å². The van der Waals surface area contributed by atoms with Crippen molar-refractivity contribution >= 4 is 28.8 Å². The molecular weight excluding hydrogens is 384 g/mol. The molecule has 0 aromatic rings. The molecule has 5 heteroatoms. The van der Waals surface area contributed by atoms with Crippen molar-refractivity contribution in [2.24, 2.45) is 28.6 Å². The lowest BCUT2D eigenvalue weighted by molar-refractivity contribution is -0.169. The number of esters is 1. The Hall–Kier alpha value is -1.07. The van der Waals surface area contributed by atoms with E-state index >= 15 is 0 Å². The molecular formula is C24H34O4S. The summed E-state index contributed by atoms with van der Waals surface area (Å²) in [6.07, 6.45) is 9.73. The first-order valence-corrected chi connectivity index (χ1v) is 11.7. The van der Waals surface area contributed by atoms with Crippen LogP contribution in [0.3, 0.4) is 0 Å². The molecule has 4 aliphatic rings. The molecule has 4 nitrogen and oxygen atoms in total. The largest absolute Gasteiger partial charge is 0.453 e. The van der Waals surface area contributed by atoms with Crippen LogP contribution in [0.1, 0.15) is 78.6 Å². The van der Waals surface area contributed by atoms with Crippen LogP contribution in [0.5, 0.6) is 0 Å². The monoisotopic (exact) mass is 418 g/mol. The van der Waals surface area contributed by atoms with Crippen molar-refractivity contribution in [1.82, 2.24) is 0 Å². The van der Waals surface area contributed by atoms with Crippen LogP contribution in [-0.2, 0) is 14.3 Å². The van der Waals surface area contributed by atoms with Crippen molar-refractivity contribution in [2.45, 2.75) is 84.2 Å². The summed E-state index contributed by atoms with van der Waals surface area (Å²) in [7, 11) is 0. The molecule has 4 rings (SSSR count). The Morgan fingerprint density at radius 1 is 1.17 bits per heavy atom. The van der Waals surface area contributed by atoms with Crippen LogP contribution in [0, 0.1) is 28.6 Å². The summed E-state index contributed by atoms with van der Waals surface area (Å²) >= 11 is 5.63. The number of aliphatic hydroxyl groups excluding tert-OH is 1. The molecule has 1 N–H and O–H groups in total. The van der Waals surface area contributed by atoms with Crippen LogP contribution in [0.25, 0.3) is 0 Å². The van der Waals surface area contributed by atoms with Crippen LogP contribution in [0.4, 0.5) is 0 Å². The highest BCUT2D eigenvalue weighted by atomic mass is 32.1. The number of thiocarbonyl (C=S) groups is 1. The van der Waals surface area contributed by atoms with E-state index in [1.807, 2.05) is 13.0 Å². The summed E-state index contributed by atoms with van der Waals surface area (Å²) in [6.45, 7) is 6.23. The van der Waals surface area contributed by atoms with Gasteiger partial charge in [0.05, 0.1) is 11.5 Å². The number of carbonyl (C=O) groups excluding carboxylic acids is 2. The van der Waals surface area contributed by atoms with Gasteiger partial charge in [-0.05, 0) is 74.2 Å². The first kappa shape index (κ1) is 21.2. The molecule has 0 saturated heterocycles. The number of hydrogen-bond donors (Lipinski definition) is 1. The highest BCUT2D eigenvalue weighted by molar-refractivity contribution is 7.80. The second kappa shape index (κ2) is 7.26. The Morgan fingerprint density at radius 3 is 2.59 bits per heavy atom. The van der Waals surface area contributed by atoms with Gasteiger partial charge in [0.25, 0.3) is 0 Å². The number of allylic oxidation sites excluding steroid dienone is 1. The van der Waals surface area contributed by atoms with Gasteiger partial charge in [-0.25, -0.2) is 0 Å². The summed E-state index contributed by atoms with van der Waals surface area (Å²) in [5, 5.41) is 9.93. The molecule has 0 aromatic carbocycles. The summed E-state index contributed by atoms with van der Waals surface area (Å²) in [5.74, 6) is 1.64. The molecule has 0 unspecified atom stereocenters. The normalized spacial score (nSPS) is 43.7. The van der Waals surface area contributed by atoms with Crippen LogP contribution in [0.15, 0.2) is 11.6 Å². The molecule has 0 amide bonds. The van der Waals surface area contributed by atoms with Crippen molar-refractivity contribution in [3.8, 4) is 0 Å². The number of hydrogen-bond acceptors (Lipinski definition) is 5. The maximum atomic E-state index is 12.4. The molecule has 0 aromatic heterocycles. The van der Waals surface area contributed by atoms with Gasteiger partial charge in [0.15, 0.2) is 11.4 Å². The quantitative estimate of drug-likeness (QED) is 0.535. The highest BCUT2D eigenvalue weighted by Crippen LogP contribution is 2.68. The van der Waals surface area contributed by atoms with Gasteiger partial charge in [-0.15, -0.1) is 0 Å². The van der Waals surface area contributed by atoms with E-state index in [1.165, 1.54) is 5.57 Å². The Kier molecular flexibility index (Phi) is 5.30. The van der Waals surface area contributed by atoms with Gasteiger partial charge in [-0.2, -0.15) is 0 Å². The number of carbonyl (C=O) groups is 2. The molecule has 4 aliphatic carbocycles. The average molecular weight is 419 g/mol. The van der Waals surface area contributed by atoms with E-state index < -0.39 is 5.60 Å². The fourth-order valence-electron chi connectivity index (χ4n) is 7.63. The van der Waals surface area contributed by atoms with E-state index in [0.29, 0.717) is 35.5 Å². The summed E-state index contributed by atoms with van der Waals surface area (Å²) < 4.78 is 6.10. The number of ketones is 1. The van der Waals surface area contributed by atoms with Gasteiger partial charge in [-0.3, -0.25) is 9.59 Å². The van der Waals surface area contributed by atoms with Gasteiger partial charge < -0.3 is 9.84 Å². The lowest BCUT2D eigenvalue weighted by Gasteiger charge is -2.59. The number of aliphatic hydroxyl groups is 1. The summed E-state index contributed by atoms with van der Waals surface area (Å²) in [6, 6.07) is 0. The van der Waals surface area contributed by atoms with Crippen LogP contribution in [0.2, 0.25) is 0 Å². The standard InChI is InChI=1S/C24H34O4S/c1-4-21(27)28-24(20(29)14-25)12-9-19-17-6-5-15-13-16(26)7-10-22(15,2)18(17)8-11-23(19,24)3/h13,17-19,25H,4-12,14H2,1-3H3/t17-,18+,19+,22+,23+,24+/m1/s1. The molecule has 3 saturated carbocycles. The van der Waals surface area contributed by atoms with E-state index in [4.69, 9.17) is 17.0 Å². The number of ether oxygens (including phenoxy) is 1. The Morgan fingerprint density at radius 2 is 1.90 bits per heavy atom. The van der Waals surface area contributed by atoms with Crippen molar-refractivity contribution in [3.63, 3.8) is 0 Å². The van der Waals surface area contributed by atoms with Crippen LogP contribution >= 0.6 is 12.2 Å². The molecule has 160 valence electrons. The van der Waals surface area contributed by atoms with Gasteiger partial charge in [0.1, 0.15) is 0 Å². The third kappa shape index (κ3) is 2.90. The first-order chi connectivity index (χ1) is 13.7. The molecule has 29 heavy (non-hydrogen) atoms. The minimum atomic E-state index is -0.820. The third-order valence-corrected chi connectivity index (χ3v) is 9.71. The Bertz CT molecular complexity index is 773. The van der Waals surface area contributed by atoms with Gasteiger partial charge in [0.2, 0.25) is 0 Å². The summed E-state index contributed by atoms with van der Waals surface area (Å²) in [4.78, 5) is 24.9. The molecule has 6 atom stereocenters. The zero-order chi connectivity index (χ0) is 21.0. The zero-order valence-electron chi connectivity index (χ0n) is 18.0. The topological polar surface area (TPSA) is 63.6 Å². The van der Waals surface area contributed by atoms with E-state index in [0.717, 1.165) is 44.9 Å². The van der Waals surface area contributed by atoms with E-state index in [1.54, 1.807) is 0 Å². The fraction of sp³-hybridized carbons (Fsp3) is 0.792. The van der Waals surface area contributed by atoms with Gasteiger partial charge in [-0.1, -0.05) is 38.6 Å². The molecule has 3 fully saturated rings. The summed E-state index contributed by atoms with van der Waals surface area (Å²) in [5.41, 5.74) is 0.451. The third-order valence-electron chi connectivity index (χ3n) is 9.25. The minimum Gasteiger partial charge on any atom is -0.453 e. The second-order valence-electron chi connectivity index (χ2n) is 10.2.